The number of nitrogens with one attached hydrogen (secondary N) is 2. The lowest BCUT2D eigenvalue weighted by Crippen LogP contribution is -2.38. The minimum absolute atomic E-state index is 0. The standard InChI is InChI=1S/C12H24N6.HI/c1-5-13-12(14-7-6-10(2)3)15-8-11-17-16-9-18(11)4;/h9-10H,5-8H2,1-4H3,(H2,13,14,15);1H. The van der Waals surface area contributed by atoms with Gasteiger partial charge in [0.05, 0.1) is 0 Å². The first-order chi connectivity index (χ1) is 8.63. The lowest BCUT2D eigenvalue weighted by Gasteiger charge is -2.12. The fourth-order valence-electron chi connectivity index (χ4n) is 1.42. The number of aryl methyl sites for hydroxylation is 1. The van der Waals surface area contributed by atoms with Crippen molar-refractivity contribution in [2.75, 3.05) is 13.1 Å². The predicted octanol–water partition coefficient (Wildman–Crippen LogP) is 1.53. The SMILES string of the molecule is CCNC(=NCc1nncn1C)NCCC(C)C.I. The second-order valence-corrected chi connectivity index (χ2v) is 4.66. The van der Waals surface area contributed by atoms with Gasteiger partial charge in [-0.3, -0.25) is 0 Å². The summed E-state index contributed by atoms with van der Waals surface area (Å²) in [5.74, 6) is 2.39. The minimum atomic E-state index is 0. The van der Waals surface area contributed by atoms with Gasteiger partial charge >= 0.3 is 0 Å². The van der Waals surface area contributed by atoms with E-state index in [1.807, 2.05) is 11.6 Å². The van der Waals surface area contributed by atoms with Crippen molar-refractivity contribution in [3.8, 4) is 0 Å². The molecule has 0 unspecified atom stereocenters. The Morgan fingerprint density at radius 1 is 1.42 bits per heavy atom. The fraction of sp³-hybridized carbons (Fsp3) is 0.750. The molecule has 0 aliphatic heterocycles. The maximum absolute atomic E-state index is 4.48. The monoisotopic (exact) mass is 380 g/mol. The third-order valence-electron chi connectivity index (χ3n) is 2.54. The molecular formula is C12H25IN6. The molecule has 6 nitrogen and oxygen atoms in total. The Bertz CT molecular complexity index is 374. The normalized spacial score (nSPS) is 11.3. The van der Waals surface area contributed by atoms with Crippen molar-refractivity contribution in [1.82, 2.24) is 25.4 Å². The van der Waals surface area contributed by atoms with E-state index in [1.54, 1.807) is 6.33 Å². The van der Waals surface area contributed by atoms with Gasteiger partial charge in [-0.2, -0.15) is 0 Å². The summed E-state index contributed by atoms with van der Waals surface area (Å²) in [5.41, 5.74) is 0. The third kappa shape index (κ3) is 7.34. The molecule has 2 N–H and O–H groups in total. The van der Waals surface area contributed by atoms with Crippen molar-refractivity contribution in [2.45, 2.75) is 33.7 Å². The van der Waals surface area contributed by atoms with Crippen molar-refractivity contribution in [3.63, 3.8) is 0 Å². The maximum atomic E-state index is 4.48. The van der Waals surface area contributed by atoms with E-state index in [4.69, 9.17) is 0 Å². The van der Waals surface area contributed by atoms with E-state index in [2.05, 4.69) is 46.6 Å². The van der Waals surface area contributed by atoms with Crippen molar-refractivity contribution in [3.05, 3.63) is 12.2 Å². The largest absolute Gasteiger partial charge is 0.357 e. The summed E-state index contributed by atoms with van der Waals surface area (Å²) in [6.45, 7) is 8.81. The van der Waals surface area contributed by atoms with Gasteiger partial charge in [0.2, 0.25) is 0 Å². The van der Waals surface area contributed by atoms with Crippen LogP contribution in [0.25, 0.3) is 0 Å². The van der Waals surface area contributed by atoms with Crippen LogP contribution in [0, 0.1) is 5.92 Å². The highest BCUT2D eigenvalue weighted by Gasteiger charge is 2.01. The highest BCUT2D eigenvalue weighted by molar-refractivity contribution is 14.0. The number of aromatic nitrogens is 3. The number of nitrogens with zero attached hydrogens (tertiary/aromatic N) is 4. The molecule has 0 radical (unpaired) electrons. The van der Waals surface area contributed by atoms with Gasteiger partial charge in [0.15, 0.2) is 11.8 Å². The Morgan fingerprint density at radius 3 is 2.68 bits per heavy atom. The first-order valence-corrected chi connectivity index (χ1v) is 6.48. The van der Waals surface area contributed by atoms with Crippen LogP contribution in [0.2, 0.25) is 0 Å². The van der Waals surface area contributed by atoms with Gasteiger partial charge in [-0.25, -0.2) is 4.99 Å². The lowest BCUT2D eigenvalue weighted by molar-refractivity contribution is 0.573. The zero-order chi connectivity index (χ0) is 13.4. The molecule has 0 spiro atoms. The Kier molecular flexibility index (Phi) is 9.54. The van der Waals surface area contributed by atoms with Gasteiger partial charge in [0.25, 0.3) is 0 Å². The molecule has 19 heavy (non-hydrogen) atoms. The van der Waals surface area contributed by atoms with Crippen molar-refractivity contribution < 1.29 is 0 Å². The van der Waals surface area contributed by atoms with E-state index in [0.717, 1.165) is 31.3 Å². The molecule has 0 aliphatic carbocycles. The Labute approximate surface area is 132 Å². The summed E-state index contributed by atoms with van der Waals surface area (Å²) in [5, 5.41) is 14.4. The van der Waals surface area contributed by atoms with E-state index in [-0.39, 0.29) is 24.0 Å². The Hall–Kier alpha value is -0.860. The number of rotatable bonds is 6. The Morgan fingerprint density at radius 2 is 2.16 bits per heavy atom. The minimum Gasteiger partial charge on any atom is -0.357 e. The maximum Gasteiger partial charge on any atom is 0.191 e. The van der Waals surface area contributed by atoms with E-state index in [0.29, 0.717) is 12.5 Å². The van der Waals surface area contributed by atoms with Gasteiger partial charge in [0.1, 0.15) is 12.9 Å². The molecule has 1 aromatic rings. The number of aliphatic imine (C=N–C) groups is 1. The van der Waals surface area contributed by atoms with Crippen LogP contribution in [0.4, 0.5) is 0 Å². The van der Waals surface area contributed by atoms with Crippen LogP contribution in [-0.4, -0.2) is 33.8 Å². The summed E-state index contributed by atoms with van der Waals surface area (Å²) >= 11 is 0. The number of hydrogen-bond acceptors (Lipinski definition) is 3. The van der Waals surface area contributed by atoms with Crippen LogP contribution in [0.1, 0.15) is 33.0 Å². The summed E-state index contributed by atoms with van der Waals surface area (Å²) in [4.78, 5) is 4.48. The van der Waals surface area contributed by atoms with Gasteiger partial charge in [0, 0.05) is 20.1 Å². The fourth-order valence-corrected chi connectivity index (χ4v) is 1.42. The molecule has 0 aromatic carbocycles. The second-order valence-electron chi connectivity index (χ2n) is 4.66. The van der Waals surface area contributed by atoms with Crippen LogP contribution in [-0.2, 0) is 13.6 Å². The summed E-state index contributed by atoms with van der Waals surface area (Å²) < 4.78 is 1.88. The van der Waals surface area contributed by atoms with E-state index >= 15 is 0 Å². The summed E-state index contributed by atoms with van der Waals surface area (Å²) in [6.07, 6.45) is 2.82. The molecule has 1 heterocycles. The highest BCUT2D eigenvalue weighted by Crippen LogP contribution is 1.97. The molecule has 0 aliphatic rings. The first kappa shape index (κ1) is 18.1. The quantitative estimate of drug-likeness (QED) is 0.446. The Balaban J connectivity index is 0.00000324. The van der Waals surface area contributed by atoms with Crippen LogP contribution >= 0.6 is 24.0 Å². The molecule has 1 rings (SSSR count). The molecule has 0 saturated heterocycles. The van der Waals surface area contributed by atoms with Gasteiger partial charge < -0.3 is 15.2 Å². The molecular weight excluding hydrogens is 355 g/mol. The summed E-state index contributed by atoms with van der Waals surface area (Å²) in [6, 6.07) is 0. The molecule has 0 bridgehead atoms. The van der Waals surface area contributed by atoms with Crippen molar-refractivity contribution in [1.29, 1.82) is 0 Å². The molecule has 7 heteroatoms. The average molecular weight is 380 g/mol. The van der Waals surface area contributed by atoms with Crippen LogP contribution in [0.15, 0.2) is 11.3 Å². The topological polar surface area (TPSA) is 67.1 Å². The van der Waals surface area contributed by atoms with Gasteiger partial charge in [-0.1, -0.05) is 13.8 Å². The molecule has 0 amide bonds. The smallest absolute Gasteiger partial charge is 0.191 e. The highest BCUT2D eigenvalue weighted by atomic mass is 127. The number of guanidine groups is 1. The van der Waals surface area contributed by atoms with Crippen molar-refractivity contribution in [2.24, 2.45) is 18.0 Å². The zero-order valence-electron chi connectivity index (χ0n) is 12.2. The number of halogens is 1. The lowest BCUT2D eigenvalue weighted by atomic mass is 10.1. The van der Waals surface area contributed by atoms with Gasteiger partial charge in [-0.05, 0) is 19.3 Å². The van der Waals surface area contributed by atoms with E-state index < -0.39 is 0 Å². The van der Waals surface area contributed by atoms with Gasteiger partial charge in [-0.15, -0.1) is 34.2 Å². The average Bonchev–Trinajstić information content (AvgIpc) is 2.71. The van der Waals surface area contributed by atoms with Crippen molar-refractivity contribution >= 4 is 29.9 Å². The van der Waals surface area contributed by atoms with Crippen LogP contribution in [0.5, 0.6) is 0 Å². The zero-order valence-corrected chi connectivity index (χ0v) is 14.5. The molecule has 110 valence electrons. The molecule has 0 atom stereocenters. The second kappa shape index (κ2) is 9.99. The predicted molar refractivity (Wildman–Crippen MR) is 88.7 cm³/mol. The van der Waals surface area contributed by atoms with Crippen LogP contribution < -0.4 is 10.6 Å². The third-order valence-corrected chi connectivity index (χ3v) is 2.54. The van der Waals surface area contributed by atoms with E-state index in [1.165, 1.54) is 0 Å². The van der Waals surface area contributed by atoms with E-state index in [9.17, 15) is 0 Å². The number of hydrogen-bond donors (Lipinski definition) is 2. The van der Waals surface area contributed by atoms with Crippen LogP contribution in [0.3, 0.4) is 0 Å². The molecule has 0 saturated carbocycles. The first-order valence-electron chi connectivity index (χ1n) is 6.48. The summed E-state index contributed by atoms with van der Waals surface area (Å²) in [7, 11) is 1.92. The molecule has 0 fully saturated rings. The molecule has 1 aromatic heterocycles.